The van der Waals surface area contributed by atoms with Gasteiger partial charge in [-0.3, -0.25) is 9.59 Å². The predicted octanol–water partition coefficient (Wildman–Crippen LogP) is 0.763. The highest BCUT2D eigenvalue weighted by Gasteiger charge is 2.18. The fraction of sp³-hybridized carbons (Fsp3) is 0.294. The summed E-state index contributed by atoms with van der Waals surface area (Å²) in [4.78, 5) is 24.1. The lowest BCUT2D eigenvalue weighted by atomic mass is 10.1. The van der Waals surface area contributed by atoms with Gasteiger partial charge in [0.05, 0.1) is 17.6 Å². The Labute approximate surface area is 152 Å². The zero-order valence-electron chi connectivity index (χ0n) is 14.5. The first-order valence-electron chi connectivity index (χ1n) is 7.91. The molecule has 140 valence electrons. The maximum atomic E-state index is 12.2. The summed E-state index contributed by atoms with van der Waals surface area (Å²) in [6, 6.07) is 7.68. The van der Waals surface area contributed by atoms with Gasteiger partial charge in [-0.1, -0.05) is 24.3 Å². The number of furan rings is 1. The number of amides is 2. The normalized spacial score (nSPS) is 12.4. The third-order valence-electron chi connectivity index (χ3n) is 3.75. The van der Waals surface area contributed by atoms with Crippen LogP contribution in [0, 0.1) is 0 Å². The van der Waals surface area contributed by atoms with Gasteiger partial charge in [0.1, 0.15) is 12.3 Å². The smallest absolute Gasteiger partial charge is 0.255 e. The van der Waals surface area contributed by atoms with Gasteiger partial charge in [0, 0.05) is 6.54 Å². The van der Waals surface area contributed by atoms with E-state index in [2.05, 4.69) is 15.4 Å². The first-order chi connectivity index (χ1) is 12.3. The number of hydrogen-bond acceptors (Lipinski definition) is 5. The molecule has 1 heterocycles. The fourth-order valence-electron chi connectivity index (χ4n) is 2.22. The number of carbonyl (C=O) groups is 2. The van der Waals surface area contributed by atoms with Gasteiger partial charge < -0.3 is 15.1 Å². The Kier molecular flexibility index (Phi) is 6.53. The summed E-state index contributed by atoms with van der Waals surface area (Å²) in [7, 11) is -2.07. The summed E-state index contributed by atoms with van der Waals surface area (Å²) in [6.07, 6.45) is 2.66. The molecule has 0 aliphatic carbocycles. The van der Waals surface area contributed by atoms with Gasteiger partial charge in [-0.2, -0.15) is 0 Å². The minimum absolute atomic E-state index is 0.153. The number of sulfonamides is 1. The molecule has 8 nitrogen and oxygen atoms in total. The van der Waals surface area contributed by atoms with Crippen LogP contribution < -0.4 is 15.4 Å². The van der Waals surface area contributed by atoms with Crippen molar-refractivity contribution < 1.29 is 22.4 Å². The highest BCUT2D eigenvalue weighted by molar-refractivity contribution is 7.88. The molecule has 0 spiro atoms. The molecule has 2 rings (SSSR count). The van der Waals surface area contributed by atoms with Crippen LogP contribution in [0.5, 0.6) is 0 Å². The van der Waals surface area contributed by atoms with Crippen molar-refractivity contribution in [2.75, 3.05) is 7.05 Å². The van der Waals surface area contributed by atoms with Crippen LogP contribution in [0.25, 0.3) is 0 Å². The second kappa shape index (κ2) is 8.63. The Morgan fingerprint density at radius 2 is 1.85 bits per heavy atom. The Bertz CT molecular complexity index is 862. The molecule has 0 radical (unpaired) electrons. The monoisotopic (exact) mass is 379 g/mol. The van der Waals surface area contributed by atoms with Crippen molar-refractivity contribution in [3.05, 3.63) is 59.5 Å². The molecule has 2 amide bonds. The van der Waals surface area contributed by atoms with Gasteiger partial charge >= 0.3 is 0 Å². The van der Waals surface area contributed by atoms with Crippen LogP contribution in [-0.2, 0) is 27.1 Å². The lowest BCUT2D eigenvalue weighted by Crippen LogP contribution is -2.44. The molecule has 0 saturated heterocycles. The SMILES string of the molecule is CNS(=O)(=O)Cc1ccccc1CNC(=O)C(C)NC(=O)c1ccoc1. The van der Waals surface area contributed by atoms with E-state index in [1.54, 1.807) is 31.2 Å². The van der Waals surface area contributed by atoms with E-state index in [4.69, 9.17) is 4.42 Å². The van der Waals surface area contributed by atoms with Gasteiger partial charge in [-0.15, -0.1) is 0 Å². The number of benzene rings is 1. The molecule has 0 aliphatic rings. The van der Waals surface area contributed by atoms with E-state index in [0.29, 0.717) is 16.7 Å². The molecule has 1 atom stereocenters. The van der Waals surface area contributed by atoms with Crippen molar-refractivity contribution in [2.24, 2.45) is 0 Å². The van der Waals surface area contributed by atoms with Gasteiger partial charge in [0.25, 0.3) is 5.91 Å². The van der Waals surface area contributed by atoms with Crippen LogP contribution in [0.2, 0.25) is 0 Å². The van der Waals surface area contributed by atoms with Crippen LogP contribution in [0.4, 0.5) is 0 Å². The summed E-state index contributed by atoms with van der Waals surface area (Å²) in [5.74, 6) is -0.975. The zero-order valence-corrected chi connectivity index (χ0v) is 15.3. The number of hydrogen-bond donors (Lipinski definition) is 3. The third-order valence-corrected chi connectivity index (χ3v) is 5.07. The van der Waals surface area contributed by atoms with E-state index in [-0.39, 0.29) is 18.2 Å². The molecular weight excluding hydrogens is 358 g/mol. The second-order valence-corrected chi connectivity index (χ2v) is 7.58. The van der Waals surface area contributed by atoms with Crippen molar-refractivity contribution in [1.82, 2.24) is 15.4 Å². The number of carbonyl (C=O) groups excluding carboxylic acids is 2. The first kappa shape index (κ1) is 19.7. The van der Waals surface area contributed by atoms with Crippen LogP contribution >= 0.6 is 0 Å². The lowest BCUT2D eigenvalue weighted by Gasteiger charge is -2.15. The minimum Gasteiger partial charge on any atom is -0.472 e. The van der Waals surface area contributed by atoms with Crippen molar-refractivity contribution in [2.45, 2.75) is 25.3 Å². The molecule has 9 heteroatoms. The predicted molar refractivity (Wildman–Crippen MR) is 95.6 cm³/mol. The molecule has 0 fully saturated rings. The minimum atomic E-state index is -3.42. The average molecular weight is 379 g/mol. The highest BCUT2D eigenvalue weighted by atomic mass is 32.2. The molecule has 26 heavy (non-hydrogen) atoms. The summed E-state index contributed by atoms with van der Waals surface area (Å²) >= 11 is 0. The molecule has 3 N–H and O–H groups in total. The Morgan fingerprint density at radius 1 is 1.15 bits per heavy atom. The molecule has 0 bridgehead atoms. The van der Waals surface area contributed by atoms with E-state index < -0.39 is 22.0 Å². The van der Waals surface area contributed by atoms with Crippen molar-refractivity contribution in [1.29, 1.82) is 0 Å². The highest BCUT2D eigenvalue weighted by Crippen LogP contribution is 2.12. The van der Waals surface area contributed by atoms with E-state index >= 15 is 0 Å². The standard InChI is InChI=1S/C17H21N3O5S/c1-12(20-17(22)14-7-8-25-10-14)16(21)19-9-13-5-3-4-6-15(13)11-26(23,24)18-2/h3-8,10,12,18H,9,11H2,1-2H3,(H,19,21)(H,20,22). The summed E-state index contributed by atoms with van der Waals surface area (Å²) < 4.78 is 30.6. The summed E-state index contributed by atoms with van der Waals surface area (Å²) in [6.45, 7) is 1.71. The van der Waals surface area contributed by atoms with Crippen LogP contribution in [0.3, 0.4) is 0 Å². The number of rotatable bonds is 8. The largest absolute Gasteiger partial charge is 0.472 e. The first-order valence-corrected chi connectivity index (χ1v) is 9.56. The average Bonchev–Trinajstić information content (AvgIpc) is 3.15. The molecular formula is C17H21N3O5S. The fourth-order valence-corrected chi connectivity index (χ4v) is 3.06. The van der Waals surface area contributed by atoms with Crippen molar-refractivity contribution >= 4 is 21.8 Å². The lowest BCUT2D eigenvalue weighted by molar-refractivity contribution is -0.122. The summed E-state index contributed by atoms with van der Waals surface area (Å²) in [5, 5.41) is 5.26. The Hall–Kier alpha value is -2.65. The number of nitrogens with one attached hydrogen (secondary N) is 3. The van der Waals surface area contributed by atoms with Crippen LogP contribution in [0.1, 0.15) is 28.4 Å². The molecule has 1 aromatic heterocycles. The van der Waals surface area contributed by atoms with E-state index in [1.165, 1.54) is 25.6 Å². The Morgan fingerprint density at radius 3 is 2.46 bits per heavy atom. The second-order valence-electron chi connectivity index (χ2n) is 5.66. The third kappa shape index (κ3) is 5.43. The maximum absolute atomic E-state index is 12.2. The molecule has 0 aliphatic heterocycles. The van der Waals surface area contributed by atoms with Crippen LogP contribution in [0.15, 0.2) is 47.3 Å². The van der Waals surface area contributed by atoms with E-state index in [1.807, 2.05) is 0 Å². The van der Waals surface area contributed by atoms with Gasteiger partial charge in [0.15, 0.2) is 0 Å². The molecule has 1 aromatic carbocycles. The Balaban J connectivity index is 1.96. The van der Waals surface area contributed by atoms with Gasteiger partial charge in [0.2, 0.25) is 15.9 Å². The molecule has 2 aromatic rings. The van der Waals surface area contributed by atoms with E-state index in [9.17, 15) is 18.0 Å². The molecule has 0 saturated carbocycles. The topological polar surface area (TPSA) is 118 Å². The quantitative estimate of drug-likeness (QED) is 0.626. The van der Waals surface area contributed by atoms with Crippen LogP contribution in [-0.4, -0.2) is 33.3 Å². The zero-order chi connectivity index (χ0) is 19.2. The van der Waals surface area contributed by atoms with Gasteiger partial charge in [-0.05, 0) is 31.2 Å². The van der Waals surface area contributed by atoms with Crippen molar-refractivity contribution in [3.8, 4) is 0 Å². The maximum Gasteiger partial charge on any atom is 0.255 e. The van der Waals surface area contributed by atoms with E-state index in [0.717, 1.165) is 0 Å². The molecule has 1 unspecified atom stereocenters. The van der Waals surface area contributed by atoms with Crippen molar-refractivity contribution in [3.63, 3.8) is 0 Å². The summed E-state index contributed by atoms with van der Waals surface area (Å²) in [5.41, 5.74) is 1.61. The van der Waals surface area contributed by atoms with Gasteiger partial charge in [-0.25, -0.2) is 13.1 Å².